The zero-order valence-corrected chi connectivity index (χ0v) is 32.6. The number of nitrogens with zero attached hydrogens (tertiary/aromatic N) is 4. The van der Waals surface area contributed by atoms with Crippen LogP contribution < -0.4 is 20.3 Å². The van der Waals surface area contributed by atoms with Gasteiger partial charge in [0.1, 0.15) is 17.9 Å². The van der Waals surface area contributed by atoms with Crippen LogP contribution in [0.15, 0.2) is 54.6 Å². The molecule has 2 N–H and O–H groups in total. The summed E-state index contributed by atoms with van der Waals surface area (Å²) in [6.45, 7) is 14.8. The number of rotatable bonds is 8. The first-order valence-electron chi connectivity index (χ1n) is 19.6. The third-order valence-electron chi connectivity index (χ3n) is 12.8. The van der Waals surface area contributed by atoms with Gasteiger partial charge in [0.25, 0.3) is 17.7 Å². The third kappa shape index (κ3) is 6.41. The van der Waals surface area contributed by atoms with Gasteiger partial charge in [-0.15, -0.1) is 0 Å². The maximum Gasteiger partial charge on any atom is 0.262 e. The van der Waals surface area contributed by atoms with Crippen molar-refractivity contribution in [2.75, 3.05) is 37.6 Å². The summed E-state index contributed by atoms with van der Waals surface area (Å²) in [5.41, 5.74) is 5.43. The van der Waals surface area contributed by atoms with Crippen LogP contribution in [-0.4, -0.2) is 90.2 Å². The third-order valence-corrected chi connectivity index (χ3v) is 12.8. The molecule has 1 atom stereocenters. The predicted octanol–water partition coefficient (Wildman–Crippen LogP) is 4.42. The summed E-state index contributed by atoms with van der Waals surface area (Å²) in [4.78, 5) is 70.1. The van der Waals surface area contributed by atoms with Gasteiger partial charge in [0.05, 0.1) is 22.8 Å². The van der Waals surface area contributed by atoms with Gasteiger partial charge in [0, 0.05) is 67.3 Å². The second kappa shape index (κ2) is 13.9. The zero-order valence-electron chi connectivity index (χ0n) is 32.6. The number of aryl methyl sites for hydroxylation is 1. The number of carbonyl (C=O) groups is 5. The van der Waals surface area contributed by atoms with Crippen molar-refractivity contribution in [3.8, 4) is 11.8 Å². The maximum atomic E-state index is 13.5. The van der Waals surface area contributed by atoms with Gasteiger partial charge in [-0.2, -0.15) is 5.26 Å². The molecule has 3 aromatic rings. The number of nitriles is 1. The van der Waals surface area contributed by atoms with E-state index in [0.29, 0.717) is 28.2 Å². The van der Waals surface area contributed by atoms with E-state index in [4.69, 9.17) is 4.74 Å². The summed E-state index contributed by atoms with van der Waals surface area (Å²) >= 11 is 0. The Morgan fingerprint density at radius 2 is 1.52 bits per heavy atom. The lowest BCUT2D eigenvalue weighted by Gasteiger charge is -2.63. The topological polar surface area (TPSA) is 152 Å². The lowest BCUT2D eigenvalue weighted by molar-refractivity contribution is -0.164. The minimum absolute atomic E-state index is 0.0982. The summed E-state index contributed by atoms with van der Waals surface area (Å²) in [6.07, 6.45) is 1.76. The molecule has 290 valence electrons. The Kier molecular flexibility index (Phi) is 9.27. The molecule has 0 spiro atoms. The number of ether oxygens (including phenoxy) is 1. The molecule has 5 aliphatic rings. The van der Waals surface area contributed by atoms with Crippen LogP contribution in [0.25, 0.3) is 0 Å². The highest BCUT2D eigenvalue weighted by Crippen LogP contribution is 2.55. The lowest BCUT2D eigenvalue weighted by atomic mass is 9.49. The van der Waals surface area contributed by atoms with Gasteiger partial charge in [-0.25, -0.2) is 0 Å². The summed E-state index contributed by atoms with van der Waals surface area (Å²) in [6, 6.07) is 18.2. The van der Waals surface area contributed by atoms with E-state index in [1.165, 1.54) is 0 Å². The maximum absolute atomic E-state index is 13.5. The van der Waals surface area contributed by atoms with Crippen LogP contribution in [-0.2, 0) is 22.4 Å². The first kappa shape index (κ1) is 37.4. The molecule has 1 saturated carbocycles. The highest BCUT2D eigenvalue weighted by molar-refractivity contribution is 6.23. The molecule has 8 rings (SSSR count). The molecule has 12 heteroatoms. The number of hydrogen-bond donors (Lipinski definition) is 2. The number of amides is 5. The minimum Gasteiger partial charge on any atom is -0.489 e. The van der Waals surface area contributed by atoms with Gasteiger partial charge in [-0.1, -0.05) is 27.7 Å². The molecule has 12 nitrogen and oxygen atoms in total. The van der Waals surface area contributed by atoms with Crippen LogP contribution in [0.4, 0.5) is 5.69 Å². The molecule has 0 radical (unpaired) electrons. The number of nitrogens with one attached hydrogen (secondary N) is 2. The Bertz CT molecular complexity index is 2140. The number of anilines is 1. The Labute approximate surface area is 327 Å². The number of benzene rings is 3. The largest absolute Gasteiger partial charge is 0.489 e. The van der Waals surface area contributed by atoms with Gasteiger partial charge < -0.3 is 15.0 Å². The number of imide groups is 2. The van der Waals surface area contributed by atoms with E-state index < -0.39 is 23.8 Å². The van der Waals surface area contributed by atoms with Crippen LogP contribution in [0.5, 0.6) is 5.75 Å². The Morgan fingerprint density at radius 1 is 0.893 bits per heavy atom. The van der Waals surface area contributed by atoms with Gasteiger partial charge in [0.15, 0.2) is 0 Å². The number of carbonyl (C=O) groups excluding carboxylic acids is 5. The van der Waals surface area contributed by atoms with E-state index >= 15 is 0 Å². The molecule has 3 fully saturated rings. The molecule has 5 amide bonds. The van der Waals surface area contributed by atoms with Crippen LogP contribution in [0, 0.1) is 35.0 Å². The van der Waals surface area contributed by atoms with E-state index in [0.717, 1.165) is 78.6 Å². The predicted molar refractivity (Wildman–Crippen MR) is 208 cm³/mol. The number of piperazine rings is 1. The molecule has 2 aliphatic carbocycles. The van der Waals surface area contributed by atoms with Crippen molar-refractivity contribution in [1.29, 1.82) is 5.26 Å². The van der Waals surface area contributed by atoms with Crippen LogP contribution >= 0.6 is 0 Å². The first-order valence-corrected chi connectivity index (χ1v) is 19.6. The minimum atomic E-state index is -0.960. The molecular weight excluding hydrogens is 709 g/mol. The summed E-state index contributed by atoms with van der Waals surface area (Å²) in [7, 11) is 0. The fraction of sp³-hybridized carbons (Fsp3) is 0.455. The van der Waals surface area contributed by atoms with Crippen LogP contribution in [0.1, 0.15) is 93.9 Å². The Balaban J connectivity index is 0.822. The lowest BCUT2D eigenvalue weighted by Crippen LogP contribution is -2.74. The summed E-state index contributed by atoms with van der Waals surface area (Å²) < 4.78 is 6.46. The van der Waals surface area contributed by atoms with E-state index in [9.17, 15) is 29.2 Å². The molecule has 3 aliphatic heterocycles. The van der Waals surface area contributed by atoms with E-state index in [2.05, 4.69) is 54.2 Å². The van der Waals surface area contributed by atoms with Gasteiger partial charge >= 0.3 is 0 Å². The number of fused-ring (bicyclic) bond motifs is 2. The molecule has 3 heterocycles. The standard InChI is InChI=1S/C44H48N6O6/c1-25-18-32(11-8-28(25)23-45)56-42-43(2,3)41(44(42,4)5)47-37(52)27-6-9-31(10-7-27)49-16-14-48(15-17-49)24-26-19-29-21-33-34(22-30(29)20-26)40(55)50(39(33)54)35-12-13-36(51)46-38(35)53/h6-11,18,21-22,26,35,41-42H,12-17,19-20,24H2,1-5H3,(H,47,52)(H,46,51,53). The molecule has 2 saturated heterocycles. The fourth-order valence-electron chi connectivity index (χ4n) is 10.2. The van der Waals surface area contributed by atoms with E-state index in [1.54, 1.807) is 6.07 Å². The second-order valence-corrected chi connectivity index (χ2v) is 17.4. The highest BCUT2D eigenvalue weighted by Gasteiger charge is 2.64. The molecule has 56 heavy (non-hydrogen) atoms. The molecule has 0 bridgehead atoms. The van der Waals surface area contributed by atoms with Crippen molar-refractivity contribution in [2.45, 2.75) is 78.5 Å². The number of hydrogen-bond acceptors (Lipinski definition) is 9. The van der Waals surface area contributed by atoms with Crippen molar-refractivity contribution in [2.24, 2.45) is 16.7 Å². The Hall–Kier alpha value is -5.54. The van der Waals surface area contributed by atoms with Crippen molar-refractivity contribution < 1.29 is 28.7 Å². The highest BCUT2D eigenvalue weighted by atomic mass is 16.5. The van der Waals surface area contributed by atoms with Gasteiger partial charge in [0.2, 0.25) is 11.8 Å². The molecule has 1 unspecified atom stereocenters. The van der Waals surface area contributed by atoms with Crippen molar-refractivity contribution in [3.63, 3.8) is 0 Å². The molecule has 3 aromatic carbocycles. The smallest absolute Gasteiger partial charge is 0.262 e. The van der Waals surface area contributed by atoms with Crippen LogP contribution in [0.2, 0.25) is 0 Å². The normalized spacial score (nSPS) is 24.2. The Morgan fingerprint density at radius 3 is 2.09 bits per heavy atom. The summed E-state index contributed by atoms with van der Waals surface area (Å²) in [5.74, 6) is -0.916. The molecule has 0 aromatic heterocycles. The average molecular weight is 757 g/mol. The quantitative estimate of drug-likeness (QED) is 0.319. The van der Waals surface area contributed by atoms with Gasteiger partial charge in [-0.3, -0.25) is 39.1 Å². The monoisotopic (exact) mass is 756 g/mol. The zero-order chi connectivity index (χ0) is 39.7. The van der Waals surface area contributed by atoms with Crippen LogP contribution in [0.3, 0.4) is 0 Å². The van der Waals surface area contributed by atoms with Crippen molar-refractivity contribution in [3.05, 3.63) is 93.5 Å². The van der Waals surface area contributed by atoms with Crippen molar-refractivity contribution in [1.82, 2.24) is 20.4 Å². The first-order chi connectivity index (χ1) is 26.6. The van der Waals surface area contributed by atoms with E-state index in [1.807, 2.05) is 55.5 Å². The fourth-order valence-corrected chi connectivity index (χ4v) is 10.2. The SMILES string of the molecule is Cc1cc(OC2C(C)(C)C(NC(=O)c3ccc(N4CCN(CC5Cc6cc7c(cc6C5)C(=O)N(C5CCC(=O)NC5=O)C7=O)CC4)cc3)C2(C)C)ccc1C#N. The van der Waals surface area contributed by atoms with E-state index in [-0.39, 0.29) is 47.6 Å². The van der Waals surface area contributed by atoms with Crippen molar-refractivity contribution >= 4 is 35.2 Å². The molecular formula is C44H48N6O6. The number of piperidine rings is 1. The average Bonchev–Trinajstić information content (AvgIpc) is 3.67. The van der Waals surface area contributed by atoms with Gasteiger partial charge in [-0.05, 0) is 103 Å². The summed E-state index contributed by atoms with van der Waals surface area (Å²) in [5, 5.41) is 14.8. The second-order valence-electron chi connectivity index (χ2n) is 17.4.